The van der Waals surface area contributed by atoms with E-state index < -0.39 is 16.6 Å². The Balaban J connectivity index is 1.64. The molecule has 5 nitrogen and oxygen atoms in total. The third-order valence-electron chi connectivity index (χ3n) is 8.50. The Hall–Kier alpha value is -0.940. The fraction of sp³-hybridized carbons (Fsp3) is 0.900. The fourth-order valence-corrected chi connectivity index (χ4v) is 7.27. The van der Waals surface area contributed by atoms with E-state index >= 15 is 0 Å². The van der Waals surface area contributed by atoms with Gasteiger partial charge in [0.25, 0.3) is 0 Å². The average molecular weight is 348 g/mol. The third kappa shape index (κ3) is 1.68. The molecule has 3 aliphatic heterocycles. The Labute approximate surface area is 148 Å². The molecule has 138 valence electrons. The first-order valence-electron chi connectivity index (χ1n) is 9.80. The topological polar surface area (TPSA) is 61.8 Å². The second kappa shape index (κ2) is 4.66. The van der Waals surface area contributed by atoms with Crippen LogP contribution in [0.2, 0.25) is 0 Å². The summed E-state index contributed by atoms with van der Waals surface area (Å²) in [7, 11) is 0. The Kier molecular flexibility index (Phi) is 3.03. The number of hydrogen-bond donors (Lipinski definition) is 0. The van der Waals surface area contributed by atoms with E-state index in [1.165, 1.54) is 0 Å². The van der Waals surface area contributed by atoms with Gasteiger partial charge < -0.3 is 14.2 Å². The van der Waals surface area contributed by atoms with Gasteiger partial charge in [-0.05, 0) is 32.1 Å². The zero-order valence-electron chi connectivity index (χ0n) is 15.4. The maximum absolute atomic E-state index is 13.1. The first-order chi connectivity index (χ1) is 11.8. The highest BCUT2D eigenvalue weighted by molar-refractivity contribution is 5.91. The van der Waals surface area contributed by atoms with E-state index in [1.807, 2.05) is 0 Å². The largest absolute Gasteiger partial charge is 0.462 e. The van der Waals surface area contributed by atoms with Gasteiger partial charge in [0, 0.05) is 24.2 Å². The molecule has 0 aromatic carbocycles. The molecule has 5 heteroatoms. The maximum Gasteiger partial charge on any atom is 0.312 e. The molecule has 5 rings (SSSR count). The summed E-state index contributed by atoms with van der Waals surface area (Å²) in [5, 5.41) is 0. The second-order valence-corrected chi connectivity index (χ2v) is 9.64. The summed E-state index contributed by atoms with van der Waals surface area (Å²) in [5.74, 6) is 0.494. The third-order valence-corrected chi connectivity index (χ3v) is 8.50. The second-order valence-electron chi connectivity index (χ2n) is 9.64. The molecule has 3 saturated heterocycles. The van der Waals surface area contributed by atoms with Gasteiger partial charge in [0.2, 0.25) is 0 Å². The predicted octanol–water partition coefficient (Wildman–Crippen LogP) is 2.65. The first-order valence-corrected chi connectivity index (χ1v) is 9.80. The van der Waals surface area contributed by atoms with Crippen molar-refractivity contribution in [3.8, 4) is 0 Å². The van der Waals surface area contributed by atoms with Gasteiger partial charge in [0.15, 0.2) is 11.4 Å². The standard InChI is InChI=1S/C20H28O5/c1-12-9-13-15-17(2,16(22)24-13)5-4-6-18(15,3)20(12)10-14(21)19(25-20)7-8-23-11-19/h12-13,15H,4-11H2,1-3H3. The van der Waals surface area contributed by atoms with Gasteiger partial charge in [-0.2, -0.15) is 0 Å². The summed E-state index contributed by atoms with van der Waals surface area (Å²) in [6.07, 6.45) is 4.76. The quantitative estimate of drug-likeness (QED) is 0.630. The van der Waals surface area contributed by atoms with Crippen molar-refractivity contribution >= 4 is 11.8 Å². The molecule has 7 unspecified atom stereocenters. The van der Waals surface area contributed by atoms with E-state index in [0.29, 0.717) is 26.1 Å². The molecule has 0 aromatic rings. The number of carbonyl (C=O) groups excluding carboxylic acids is 2. The molecule has 0 amide bonds. The molecule has 25 heavy (non-hydrogen) atoms. The number of ketones is 1. The van der Waals surface area contributed by atoms with Crippen LogP contribution < -0.4 is 0 Å². The molecule has 0 bridgehead atoms. The normalized spacial score (nSPS) is 57.3. The maximum atomic E-state index is 13.1. The summed E-state index contributed by atoms with van der Waals surface area (Å²) in [4.78, 5) is 25.7. The molecule has 2 saturated carbocycles. The number of hydrogen-bond acceptors (Lipinski definition) is 5. The van der Waals surface area contributed by atoms with Gasteiger partial charge in [-0.25, -0.2) is 0 Å². The van der Waals surface area contributed by atoms with Crippen LogP contribution in [0.1, 0.15) is 59.3 Å². The van der Waals surface area contributed by atoms with Gasteiger partial charge in [0.05, 0.1) is 24.2 Å². The van der Waals surface area contributed by atoms with Gasteiger partial charge in [-0.1, -0.05) is 20.3 Å². The van der Waals surface area contributed by atoms with Crippen LogP contribution in [0.3, 0.4) is 0 Å². The Bertz CT molecular complexity index is 652. The molecule has 3 heterocycles. The fourth-order valence-electron chi connectivity index (χ4n) is 7.27. The summed E-state index contributed by atoms with van der Waals surface area (Å²) in [6.45, 7) is 7.51. The molecule has 0 radical (unpaired) electrons. The van der Waals surface area contributed by atoms with E-state index in [2.05, 4.69) is 20.8 Å². The van der Waals surface area contributed by atoms with Crippen molar-refractivity contribution in [3.63, 3.8) is 0 Å². The zero-order valence-corrected chi connectivity index (χ0v) is 15.4. The molecule has 5 aliphatic rings. The summed E-state index contributed by atoms with van der Waals surface area (Å²) in [5.41, 5.74) is -1.88. The predicted molar refractivity (Wildman–Crippen MR) is 88.8 cm³/mol. The minimum Gasteiger partial charge on any atom is -0.462 e. The lowest BCUT2D eigenvalue weighted by atomic mass is 9.44. The van der Waals surface area contributed by atoms with Crippen molar-refractivity contribution < 1.29 is 23.8 Å². The van der Waals surface area contributed by atoms with Crippen molar-refractivity contribution in [2.45, 2.75) is 76.6 Å². The number of ether oxygens (including phenoxy) is 3. The molecule has 0 aromatic heterocycles. The highest BCUT2D eigenvalue weighted by atomic mass is 16.6. The lowest BCUT2D eigenvalue weighted by Crippen LogP contribution is -2.65. The van der Waals surface area contributed by atoms with E-state index in [9.17, 15) is 9.59 Å². The molecule has 2 aliphatic carbocycles. The Morgan fingerprint density at radius 3 is 2.64 bits per heavy atom. The van der Waals surface area contributed by atoms with Gasteiger partial charge >= 0.3 is 5.97 Å². The molecular weight excluding hydrogens is 320 g/mol. The average Bonchev–Trinajstić information content (AvgIpc) is 3.19. The van der Waals surface area contributed by atoms with Crippen LogP contribution in [0.15, 0.2) is 0 Å². The van der Waals surface area contributed by atoms with E-state index in [4.69, 9.17) is 14.2 Å². The summed E-state index contributed by atoms with van der Waals surface area (Å²) >= 11 is 0. The number of carbonyl (C=O) groups is 2. The number of Topliss-reactive ketones (excluding diaryl/α,β-unsaturated/α-hetero) is 1. The van der Waals surface area contributed by atoms with Gasteiger partial charge in [0.1, 0.15) is 6.10 Å². The smallest absolute Gasteiger partial charge is 0.312 e. The minimum atomic E-state index is -0.749. The lowest BCUT2D eigenvalue weighted by molar-refractivity contribution is -0.250. The summed E-state index contributed by atoms with van der Waals surface area (Å²) in [6, 6.07) is 0. The molecular formula is C20H28O5. The Morgan fingerprint density at radius 2 is 1.92 bits per heavy atom. The van der Waals surface area contributed by atoms with E-state index in [-0.39, 0.29) is 35.1 Å². The van der Waals surface area contributed by atoms with Gasteiger partial charge in [-0.15, -0.1) is 0 Å². The van der Waals surface area contributed by atoms with Crippen LogP contribution in [0.25, 0.3) is 0 Å². The molecule has 5 fully saturated rings. The van der Waals surface area contributed by atoms with Crippen molar-refractivity contribution in [1.29, 1.82) is 0 Å². The van der Waals surface area contributed by atoms with Crippen LogP contribution in [0.4, 0.5) is 0 Å². The van der Waals surface area contributed by atoms with Crippen LogP contribution >= 0.6 is 0 Å². The van der Waals surface area contributed by atoms with Crippen molar-refractivity contribution in [1.82, 2.24) is 0 Å². The number of fused-ring (bicyclic) bond motifs is 1. The lowest BCUT2D eigenvalue weighted by Gasteiger charge is -2.61. The molecule has 0 N–H and O–H groups in total. The van der Waals surface area contributed by atoms with Crippen molar-refractivity contribution in [3.05, 3.63) is 0 Å². The monoisotopic (exact) mass is 348 g/mol. The number of esters is 1. The van der Waals surface area contributed by atoms with E-state index in [0.717, 1.165) is 25.7 Å². The molecule has 7 atom stereocenters. The van der Waals surface area contributed by atoms with Crippen molar-refractivity contribution in [2.24, 2.45) is 22.7 Å². The van der Waals surface area contributed by atoms with Crippen LogP contribution in [0.5, 0.6) is 0 Å². The zero-order chi connectivity index (χ0) is 17.7. The highest BCUT2D eigenvalue weighted by Gasteiger charge is 2.75. The van der Waals surface area contributed by atoms with Gasteiger partial charge in [-0.3, -0.25) is 9.59 Å². The highest BCUT2D eigenvalue weighted by Crippen LogP contribution is 2.70. The van der Waals surface area contributed by atoms with Crippen LogP contribution in [-0.4, -0.2) is 42.3 Å². The van der Waals surface area contributed by atoms with Crippen LogP contribution in [0, 0.1) is 22.7 Å². The SMILES string of the molecule is CC1CC2OC(=O)C3(C)CCCC(C)(C23)C12CC(=O)C1(CCOC1)O2. The van der Waals surface area contributed by atoms with Crippen molar-refractivity contribution in [2.75, 3.05) is 13.2 Å². The first kappa shape index (κ1) is 16.2. The van der Waals surface area contributed by atoms with Crippen LogP contribution in [-0.2, 0) is 23.8 Å². The minimum absolute atomic E-state index is 0.0292. The number of rotatable bonds is 0. The molecule has 2 spiro atoms. The van der Waals surface area contributed by atoms with E-state index in [1.54, 1.807) is 0 Å². The summed E-state index contributed by atoms with van der Waals surface area (Å²) < 4.78 is 18.2. The Morgan fingerprint density at radius 1 is 1.12 bits per heavy atom.